The van der Waals surface area contributed by atoms with Crippen molar-refractivity contribution < 1.29 is 4.74 Å². The minimum atomic E-state index is 0.436. The Bertz CT molecular complexity index is 1400. The molecule has 1 N–H and O–H groups in total. The number of anilines is 1. The third-order valence-corrected chi connectivity index (χ3v) is 5.37. The summed E-state index contributed by atoms with van der Waals surface area (Å²) in [6, 6.07) is 8.15. The number of nitrogens with one attached hydrogen (secondary N) is 1. The molecule has 5 aromatic rings. The van der Waals surface area contributed by atoms with E-state index >= 15 is 0 Å². The molecule has 5 aromatic heterocycles. The molecular formula is C21H19N9O. The lowest BCUT2D eigenvalue weighted by molar-refractivity contribution is 0.413. The number of fused-ring (bicyclic) bond motifs is 2. The molecule has 0 spiro atoms. The van der Waals surface area contributed by atoms with Gasteiger partial charge in [-0.15, -0.1) is 10.2 Å². The number of hydrogen-bond acceptors (Lipinski definition) is 8. The van der Waals surface area contributed by atoms with Gasteiger partial charge >= 0.3 is 0 Å². The topological polar surface area (TPSA) is 108 Å². The highest BCUT2D eigenvalue weighted by molar-refractivity contribution is 5.87. The van der Waals surface area contributed by atoms with Crippen molar-refractivity contribution in [1.82, 2.24) is 39.6 Å². The molecule has 0 unspecified atom stereocenters. The molecule has 1 aliphatic carbocycles. The van der Waals surface area contributed by atoms with E-state index in [1.54, 1.807) is 24.0 Å². The summed E-state index contributed by atoms with van der Waals surface area (Å²) in [6.07, 6.45) is 9.72. The van der Waals surface area contributed by atoms with Crippen molar-refractivity contribution in [3.8, 4) is 17.0 Å². The van der Waals surface area contributed by atoms with E-state index in [0.29, 0.717) is 29.8 Å². The molecule has 154 valence electrons. The minimum absolute atomic E-state index is 0.436. The van der Waals surface area contributed by atoms with Crippen LogP contribution in [0.4, 0.5) is 5.69 Å². The normalized spacial score (nSPS) is 13.7. The van der Waals surface area contributed by atoms with Crippen molar-refractivity contribution in [3.63, 3.8) is 0 Å². The van der Waals surface area contributed by atoms with Crippen molar-refractivity contribution in [1.29, 1.82) is 0 Å². The molecule has 0 radical (unpaired) electrons. The third kappa shape index (κ3) is 3.21. The van der Waals surface area contributed by atoms with E-state index < -0.39 is 0 Å². The maximum atomic E-state index is 5.24. The van der Waals surface area contributed by atoms with Crippen molar-refractivity contribution in [3.05, 3.63) is 54.9 Å². The summed E-state index contributed by atoms with van der Waals surface area (Å²) in [5.74, 6) is 1.37. The fraction of sp³-hybridized carbons (Fsp3) is 0.238. The average molecular weight is 413 g/mol. The first kappa shape index (κ1) is 17.8. The van der Waals surface area contributed by atoms with Crippen molar-refractivity contribution in [2.75, 3.05) is 12.4 Å². The molecule has 1 saturated carbocycles. The fourth-order valence-corrected chi connectivity index (χ4v) is 3.55. The van der Waals surface area contributed by atoms with Gasteiger partial charge in [-0.25, -0.2) is 4.98 Å². The first-order chi connectivity index (χ1) is 15.3. The highest BCUT2D eigenvalue weighted by Gasteiger charge is 2.24. The van der Waals surface area contributed by atoms with Crippen LogP contribution in [-0.2, 0) is 6.54 Å². The van der Waals surface area contributed by atoms with E-state index in [1.165, 1.54) is 12.8 Å². The lowest BCUT2D eigenvalue weighted by Gasteiger charge is -2.08. The number of nitrogens with zero attached hydrogens (tertiary/aromatic N) is 8. The van der Waals surface area contributed by atoms with E-state index in [1.807, 2.05) is 35.1 Å². The van der Waals surface area contributed by atoms with Crippen LogP contribution in [0.2, 0.25) is 0 Å². The van der Waals surface area contributed by atoms with Gasteiger partial charge in [0.15, 0.2) is 11.5 Å². The summed E-state index contributed by atoms with van der Waals surface area (Å²) in [4.78, 5) is 8.85. The largest absolute Gasteiger partial charge is 0.495 e. The maximum absolute atomic E-state index is 5.24. The second-order valence-electron chi connectivity index (χ2n) is 7.50. The van der Waals surface area contributed by atoms with Crippen LogP contribution < -0.4 is 10.1 Å². The smallest absolute Gasteiger partial charge is 0.178 e. The first-order valence-corrected chi connectivity index (χ1v) is 10.1. The Labute approximate surface area is 176 Å². The van der Waals surface area contributed by atoms with Gasteiger partial charge in [0.25, 0.3) is 0 Å². The van der Waals surface area contributed by atoms with Crippen LogP contribution in [0.25, 0.3) is 27.9 Å². The highest BCUT2D eigenvalue weighted by Crippen LogP contribution is 2.35. The van der Waals surface area contributed by atoms with Gasteiger partial charge in [0.05, 0.1) is 49.0 Å². The molecule has 31 heavy (non-hydrogen) atoms. The number of ether oxygens (including phenoxy) is 1. The molecule has 5 heterocycles. The number of rotatable bonds is 6. The van der Waals surface area contributed by atoms with Gasteiger partial charge in [0.2, 0.25) is 0 Å². The predicted octanol–water partition coefficient (Wildman–Crippen LogP) is 2.89. The van der Waals surface area contributed by atoms with Crippen molar-refractivity contribution in [2.24, 2.45) is 0 Å². The summed E-state index contributed by atoms with van der Waals surface area (Å²) in [5, 5.41) is 21.1. The number of pyridine rings is 2. The molecule has 6 rings (SSSR count). The molecule has 0 saturated heterocycles. The zero-order valence-electron chi connectivity index (χ0n) is 16.8. The van der Waals surface area contributed by atoms with Crippen LogP contribution in [0.15, 0.2) is 49.1 Å². The van der Waals surface area contributed by atoms with Crippen LogP contribution in [0.5, 0.6) is 5.75 Å². The Morgan fingerprint density at radius 2 is 2.06 bits per heavy atom. The molecule has 0 aromatic carbocycles. The van der Waals surface area contributed by atoms with Crippen LogP contribution in [-0.4, -0.2) is 46.7 Å². The van der Waals surface area contributed by atoms with Crippen LogP contribution in [0, 0.1) is 0 Å². The molecule has 0 amide bonds. The van der Waals surface area contributed by atoms with Crippen LogP contribution >= 0.6 is 0 Å². The molecule has 0 bridgehead atoms. The van der Waals surface area contributed by atoms with Crippen LogP contribution in [0.1, 0.15) is 24.7 Å². The Morgan fingerprint density at radius 3 is 2.94 bits per heavy atom. The summed E-state index contributed by atoms with van der Waals surface area (Å²) in [7, 11) is 1.61. The SMILES string of the molecule is COc1cnc2c(NCc3nnc4ccc(-c5cnn(C6CC6)c5)nn34)ccnc2c1. The van der Waals surface area contributed by atoms with Gasteiger partial charge in [-0.2, -0.15) is 14.7 Å². The van der Waals surface area contributed by atoms with Gasteiger partial charge in [0, 0.05) is 24.0 Å². The third-order valence-electron chi connectivity index (χ3n) is 5.37. The molecular weight excluding hydrogens is 394 g/mol. The van der Waals surface area contributed by atoms with Gasteiger partial charge in [-0.3, -0.25) is 9.67 Å². The Kier molecular flexibility index (Phi) is 4.01. The summed E-state index contributed by atoms with van der Waals surface area (Å²) < 4.78 is 9.02. The lowest BCUT2D eigenvalue weighted by Crippen LogP contribution is -2.07. The number of aromatic nitrogens is 8. The maximum Gasteiger partial charge on any atom is 0.178 e. The molecule has 1 aliphatic rings. The van der Waals surface area contributed by atoms with Gasteiger partial charge < -0.3 is 10.1 Å². The van der Waals surface area contributed by atoms with E-state index in [0.717, 1.165) is 28.0 Å². The average Bonchev–Trinajstić information content (AvgIpc) is 3.40. The summed E-state index contributed by atoms with van der Waals surface area (Å²) in [6.45, 7) is 0.436. The quantitative estimate of drug-likeness (QED) is 0.453. The molecule has 0 aliphatic heterocycles. The van der Waals surface area contributed by atoms with Gasteiger partial charge in [-0.05, 0) is 31.0 Å². The fourth-order valence-electron chi connectivity index (χ4n) is 3.55. The molecule has 10 heteroatoms. The van der Waals surface area contributed by atoms with E-state index in [4.69, 9.17) is 9.84 Å². The monoisotopic (exact) mass is 413 g/mol. The standard InChI is InChI=1S/C21H19N9O/c1-31-15-8-18-21(24-10-15)17(6-7-22-18)23-11-20-27-26-19-5-4-16(28-30(19)20)13-9-25-29(12-13)14-2-3-14/h4-10,12,14H,2-3,11H2,1H3,(H,22,23). The minimum Gasteiger partial charge on any atom is -0.495 e. The molecule has 0 atom stereocenters. The van der Waals surface area contributed by atoms with Crippen molar-refractivity contribution in [2.45, 2.75) is 25.4 Å². The Hall–Kier alpha value is -4.08. The van der Waals surface area contributed by atoms with E-state index in [9.17, 15) is 0 Å². The Balaban J connectivity index is 1.29. The number of hydrogen-bond donors (Lipinski definition) is 1. The Morgan fingerprint density at radius 1 is 1.13 bits per heavy atom. The van der Waals surface area contributed by atoms with Gasteiger partial charge in [-0.1, -0.05) is 0 Å². The molecule has 10 nitrogen and oxygen atoms in total. The zero-order valence-corrected chi connectivity index (χ0v) is 16.8. The summed E-state index contributed by atoms with van der Waals surface area (Å²) in [5.41, 5.74) is 4.88. The second kappa shape index (κ2) is 7.01. The van der Waals surface area contributed by atoms with E-state index in [2.05, 4.69) is 36.8 Å². The van der Waals surface area contributed by atoms with Crippen LogP contribution in [0.3, 0.4) is 0 Å². The molecule has 1 fully saturated rings. The lowest BCUT2D eigenvalue weighted by atomic mass is 10.2. The van der Waals surface area contributed by atoms with Crippen molar-refractivity contribution >= 4 is 22.4 Å². The highest BCUT2D eigenvalue weighted by atomic mass is 16.5. The second-order valence-corrected chi connectivity index (χ2v) is 7.50. The summed E-state index contributed by atoms with van der Waals surface area (Å²) >= 11 is 0. The van der Waals surface area contributed by atoms with E-state index in [-0.39, 0.29) is 0 Å². The predicted molar refractivity (Wildman–Crippen MR) is 114 cm³/mol. The zero-order chi connectivity index (χ0) is 20.8. The first-order valence-electron chi connectivity index (χ1n) is 10.1. The number of methoxy groups -OCH3 is 1. The van der Waals surface area contributed by atoms with Gasteiger partial charge in [0.1, 0.15) is 11.3 Å².